The van der Waals surface area contributed by atoms with Crippen molar-refractivity contribution in [1.82, 2.24) is 4.90 Å². The van der Waals surface area contributed by atoms with Gasteiger partial charge in [-0.2, -0.15) is 0 Å². The normalized spacial score (nSPS) is 16.3. The zero-order valence-corrected chi connectivity index (χ0v) is 13.6. The SMILES string of the molecule is Cc1c(OCCCN2CCCC2)ccc(S(N)(=O)=O)c1C. The molecule has 6 heteroatoms. The maximum absolute atomic E-state index is 11.5. The van der Waals surface area contributed by atoms with Gasteiger partial charge >= 0.3 is 0 Å². The molecule has 0 amide bonds. The van der Waals surface area contributed by atoms with Crippen molar-refractivity contribution >= 4 is 10.0 Å². The third-order valence-electron chi connectivity index (χ3n) is 4.07. The number of likely N-dealkylation sites (tertiary alicyclic amines) is 1. The molecule has 0 unspecified atom stereocenters. The fraction of sp³-hybridized carbons (Fsp3) is 0.600. The summed E-state index contributed by atoms with van der Waals surface area (Å²) in [6, 6.07) is 3.21. The van der Waals surface area contributed by atoms with Crippen LogP contribution in [0.4, 0.5) is 0 Å². The molecule has 1 aromatic rings. The lowest BCUT2D eigenvalue weighted by molar-refractivity contribution is 0.262. The molecule has 1 aromatic carbocycles. The summed E-state index contributed by atoms with van der Waals surface area (Å²) >= 11 is 0. The third kappa shape index (κ3) is 4.18. The maximum Gasteiger partial charge on any atom is 0.238 e. The second kappa shape index (κ2) is 6.77. The number of sulfonamides is 1. The van der Waals surface area contributed by atoms with Crippen LogP contribution in [0, 0.1) is 13.8 Å². The minimum atomic E-state index is -3.67. The fourth-order valence-electron chi connectivity index (χ4n) is 2.71. The summed E-state index contributed by atoms with van der Waals surface area (Å²) in [5.74, 6) is 0.737. The Morgan fingerprint density at radius 3 is 2.48 bits per heavy atom. The minimum absolute atomic E-state index is 0.171. The van der Waals surface area contributed by atoms with Crippen LogP contribution in [-0.4, -0.2) is 39.6 Å². The van der Waals surface area contributed by atoms with Crippen LogP contribution in [0.15, 0.2) is 17.0 Å². The van der Waals surface area contributed by atoms with E-state index < -0.39 is 10.0 Å². The first-order valence-corrected chi connectivity index (χ1v) is 8.92. The smallest absolute Gasteiger partial charge is 0.238 e. The number of hydrogen-bond donors (Lipinski definition) is 1. The van der Waals surface area contributed by atoms with Crippen LogP contribution in [0.25, 0.3) is 0 Å². The number of hydrogen-bond acceptors (Lipinski definition) is 4. The topological polar surface area (TPSA) is 72.6 Å². The van der Waals surface area contributed by atoms with Gasteiger partial charge in [-0.1, -0.05) is 0 Å². The number of nitrogens with two attached hydrogens (primary N) is 1. The van der Waals surface area contributed by atoms with Gasteiger partial charge in [-0.25, -0.2) is 13.6 Å². The Morgan fingerprint density at radius 2 is 1.86 bits per heavy atom. The van der Waals surface area contributed by atoms with Gasteiger partial charge in [-0.15, -0.1) is 0 Å². The van der Waals surface area contributed by atoms with E-state index in [1.54, 1.807) is 13.0 Å². The van der Waals surface area contributed by atoms with Gasteiger partial charge in [0.2, 0.25) is 10.0 Å². The molecule has 0 spiro atoms. The van der Waals surface area contributed by atoms with Crippen molar-refractivity contribution in [2.45, 2.75) is 38.0 Å². The molecule has 0 radical (unpaired) electrons. The molecule has 1 heterocycles. The summed E-state index contributed by atoms with van der Waals surface area (Å²) in [7, 11) is -3.67. The molecule has 118 valence electrons. The predicted octanol–water partition coefficient (Wildman–Crippen LogP) is 1.82. The summed E-state index contributed by atoms with van der Waals surface area (Å²) in [5.41, 5.74) is 1.50. The highest BCUT2D eigenvalue weighted by molar-refractivity contribution is 7.89. The Morgan fingerprint density at radius 1 is 1.19 bits per heavy atom. The zero-order chi connectivity index (χ0) is 15.5. The predicted molar refractivity (Wildman–Crippen MR) is 83.1 cm³/mol. The van der Waals surface area contributed by atoms with Gasteiger partial charge in [0.05, 0.1) is 11.5 Å². The van der Waals surface area contributed by atoms with Gasteiger partial charge in [-0.3, -0.25) is 0 Å². The Labute approximate surface area is 127 Å². The van der Waals surface area contributed by atoms with E-state index >= 15 is 0 Å². The van der Waals surface area contributed by atoms with Crippen LogP contribution in [0.5, 0.6) is 5.75 Å². The van der Waals surface area contributed by atoms with Crippen LogP contribution in [0.3, 0.4) is 0 Å². The van der Waals surface area contributed by atoms with Crippen molar-refractivity contribution in [1.29, 1.82) is 0 Å². The molecule has 1 saturated heterocycles. The lowest BCUT2D eigenvalue weighted by Gasteiger charge is -2.16. The first-order chi connectivity index (χ1) is 9.89. The van der Waals surface area contributed by atoms with Gasteiger partial charge < -0.3 is 9.64 Å². The van der Waals surface area contributed by atoms with Crippen molar-refractivity contribution < 1.29 is 13.2 Å². The molecule has 0 atom stereocenters. The van der Waals surface area contributed by atoms with Gasteiger partial charge in [0.25, 0.3) is 0 Å². The highest BCUT2D eigenvalue weighted by Gasteiger charge is 2.15. The van der Waals surface area contributed by atoms with Crippen LogP contribution in [-0.2, 0) is 10.0 Å². The summed E-state index contributed by atoms with van der Waals surface area (Å²) in [6.45, 7) is 7.72. The highest BCUT2D eigenvalue weighted by Crippen LogP contribution is 2.26. The first-order valence-electron chi connectivity index (χ1n) is 7.38. The van der Waals surface area contributed by atoms with Crippen LogP contribution in [0.2, 0.25) is 0 Å². The van der Waals surface area contributed by atoms with Crippen LogP contribution >= 0.6 is 0 Å². The highest BCUT2D eigenvalue weighted by atomic mass is 32.2. The molecular weight excluding hydrogens is 288 g/mol. The second-order valence-electron chi connectivity index (χ2n) is 5.61. The molecule has 1 aliphatic rings. The molecule has 0 saturated carbocycles. The Hall–Kier alpha value is -1.11. The molecule has 2 N–H and O–H groups in total. The molecule has 21 heavy (non-hydrogen) atoms. The fourth-order valence-corrected chi connectivity index (χ4v) is 3.55. The van der Waals surface area contributed by atoms with Crippen LogP contribution in [0.1, 0.15) is 30.4 Å². The summed E-state index contributed by atoms with van der Waals surface area (Å²) in [5, 5.41) is 5.19. The lowest BCUT2D eigenvalue weighted by Crippen LogP contribution is -2.22. The number of nitrogens with zero attached hydrogens (tertiary/aromatic N) is 1. The molecule has 1 aliphatic heterocycles. The Balaban J connectivity index is 1.93. The van der Waals surface area contributed by atoms with Gasteiger partial charge in [0.1, 0.15) is 5.75 Å². The van der Waals surface area contributed by atoms with E-state index in [1.165, 1.54) is 32.0 Å². The quantitative estimate of drug-likeness (QED) is 0.813. The molecule has 0 aliphatic carbocycles. The average molecular weight is 312 g/mol. The van der Waals surface area contributed by atoms with Crippen molar-refractivity contribution in [3.8, 4) is 5.75 Å². The van der Waals surface area contributed by atoms with E-state index in [9.17, 15) is 8.42 Å². The second-order valence-corrected chi connectivity index (χ2v) is 7.14. The van der Waals surface area contributed by atoms with Gasteiger partial charge in [0, 0.05) is 6.54 Å². The standard InChI is InChI=1S/C15H24N2O3S/c1-12-13(2)15(21(16,18)19)7-6-14(12)20-11-5-10-17-8-3-4-9-17/h6-7H,3-5,8-11H2,1-2H3,(H2,16,18,19). The average Bonchev–Trinajstić information content (AvgIpc) is 2.91. The minimum Gasteiger partial charge on any atom is -0.493 e. The summed E-state index contributed by atoms with van der Waals surface area (Å²) < 4.78 is 28.7. The van der Waals surface area contributed by atoms with Crippen molar-refractivity contribution in [2.24, 2.45) is 5.14 Å². The van der Waals surface area contributed by atoms with E-state index in [2.05, 4.69) is 4.90 Å². The van der Waals surface area contributed by atoms with E-state index in [4.69, 9.17) is 9.88 Å². The molecular formula is C15H24N2O3S. The first kappa shape index (κ1) is 16.3. The number of rotatable bonds is 6. The van der Waals surface area contributed by atoms with Gasteiger partial charge in [-0.05, 0) is 69.5 Å². The van der Waals surface area contributed by atoms with E-state index in [-0.39, 0.29) is 4.90 Å². The molecule has 2 rings (SSSR count). The Bertz CT molecular complexity index is 593. The van der Waals surface area contributed by atoms with Crippen molar-refractivity contribution in [3.05, 3.63) is 23.3 Å². The molecule has 1 fully saturated rings. The Kier molecular flexibility index (Phi) is 5.24. The monoisotopic (exact) mass is 312 g/mol. The molecule has 5 nitrogen and oxygen atoms in total. The zero-order valence-electron chi connectivity index (χ0n) is 12.8. The van der Waals surface area contributed by atoms with Crippen molar-refractivity contribution in [2.75, 3.05) is 26.2 Å². The largest absolute Gasteiger partial charge is 0.493 e. The lowest BCUT2D eigenvalue weighted by atomic mass is 10.1. The van der Waals surface area contributed by atoms with E-state index in [0.29, 0.717) is 12.2 Å². The van der Waals surface area contributed by atoms with Gasteiger partial charge in [0.15, 0.2) is 0 Å². The summed E-state index contributed by atoms with van der Waals surface area (Å²) in [4.78, 5) is 2.62. The van der Waals surface area contributed by atoms with E-state index in [1.807, 2.05) is 6.92 Å². The molecule has 0 bridgehead atoms. The van der Waals surface area contributed by atoms with Crippen molar-refractivity contribution in [3.63, 3.8) is 0 Å². The maximum atomic E-state index is 11.5. The van der Waals surface area contributed by atoms with E-state index in [0.717, 1.165) is 24.3 Å². The number of ether oxygens (including phenoxy) is 1. The summed E-state index contributed by atoms with van der Waals surface area (Å²) in [6.07, 6.45) is 3.58. The number of benzene rings is 1. The third-order valence-corrected chi connectivity index (χ3v) is 5.12. The number of primary sulfonamides is 1. The van der Waals surface area contributed by atoms with Crippen LogP contribution < -0.4 is 9.88 Å². The molecule has 0 aromatic heterocycles.